The highest BCUT2D eigenvalue weighted by molar-refractivity contribution is 7.15. The van der Waals surface area contributed by atoms with Crippen LogP contribution in [0.15, 0.2) is 24.3 Å². The number of benzene rings is 1. The van der Waals surface area contributed by atoms with Crippen LogP contribution in [0.5, 0.6) is 0 Å². The highest BCUT2D eigenvalue weighted by atomic mass is 32.1. The van der Waals surface area contributed by atoms with Crippen molar-refractivity contribution in [1.82, 2.24) is 9.88 Å². The highest BCUT2D eigenvalue weighted by Crippen LogP contribution is 2.24. The summed E-state index contributed by atoms with van der Waals surface area (Å²) in [6.45, 7) is 10.4. The molecule has 29 heavy (non-hydrogen) atoms. The Balaban J connectivity index is 1.60. The number of aryl methyl sites for hydroxylation is 3. The maximum Gasteiger partial charge on any atom is 0.240 e. The topological polar surface area (TPSA) is 65.5 Å². The molecule has 156 valence electrons. The summed E-state index contributed by atoms with van der Waals surface area (Å²) in [7, 11) is 0. The summed E-state index contributed by atoms with van der Waals surface area (Å²) < 4.78 is 0. The van der Waals surface area contributed by atoms with E-state index in [1.807, 2.05) is 56.9 Å². The molecule has 1 aliphatic rings. The summed E-state index contributed by atoms with van der Waals surface area (Å²) in [5, 5.41) is 3.54. The molecule has 2 amide bonds. The molecule has 1 aliphatic heterocycles. The summed E-state index contributed by atoms with van der Waals surface area (Å²) in [4.78, 5) is 35.1. The van der Waals surface area contributed by atoms with Crippen LogP contribution in [0.25, 0.3) is 0 Å². The van der Waals surface area contributed by atoms with Gasteiger partial charge < -0.3 is 10.2 Å². The van der Waals surface area contributed by atoms with Gasteiger partial charge in [0.15, 0.2) is 5.13 Å². The van der Waals surface area contributed by atoms with E-state index in [-0.39, 0.29) is 24.3 Å². The largest absolute Gasteiger partial charge is 0.312 e. The Morgan fingerprint density at radius 1 is 1.31 bits per heavy atom. The number of nitrogens with one attached hydrogen (secondary N) is 1. The molecule has 0 spiro atoms. The van der Waals surface area contributed by atoms with Crippen molar-refractivity contribution in [3.05, 3.63) is 40.4 Å². The summed E-state index contributed by atoms with van der Waals surface area (Å²) in [5.74, 6) is -0.00590. The molecule has 7 heteroatoms. The number of piperidine rings is 1. The molecule has 1 aromatic heterocycles. The number of carbonyl (C=O) groups excluding carboxylic acids is 2. The molecule has 0 saturated carbocycles. The first-order valence-corrected chi connectivity index (χ1v) is 11.0. The van der Waals surface area contributed by atoms with Crippen LogP contribution in [0.1, 0.15) is 35.9 Å². The molecule has 1 fully saturated rings. The molecule has 0 aliphatic carbocycles. The van der Waals surface area contributed by atoms with Gasteiger partial charge in [0.25, 0.3) is 0 Å². The maximum absolute atomic E-state index is 13.2. The van der Waals surface area contributed by atoms with Crippen LogP contribution in [-0.2, 0) is 9.59 Å². The fourth-order valence-corrected chi connectivity index (χ4v) is 4.60. The van der Waals surface area contributed by atoms with Gasteiger partial charge in [-0.15, -0.1) is 11.3 Å². The minimum Gasteiger partial charge on any atom is -0.312 e. The van der Waals surface area contributed by atoms with Crippen LogP contribution < -0.4 is 10.2 Å². The SMILES string of the molecule is CCN(C(=O)C1CCCN(CC(=O)Nc2nc(C)c(C)s2)C1)c1cccc(C)c1. The number of aromatic nitrogens is 1. The van der Waals surface area contributed by atoms with Crippen LogP contribution in [-0.4, -0.2) is 47.9 Å². The van der Waals surface area contributed by atoms with E-state index in [0.717, 1.165) is 41.2 Å². The van der Waals surface area contributed by atoms with Crippen molar-refractivity contribution in [2.75, 3.05) is 36.4 Å². The zero-order chi connectivity index (χ0) is 21.0. The first-order chi connectivity index (χ1) is 13.9. The Kier molecular flexibility index (Phi) is 7.03. The Bertz CT molecular complexity index is 860. The zero-order valence-electron chi connectivity index (χ0n) is 17.7. The lowest BCUT2D eigenvalue weighted by atomic mass is 9.96. The Morgan fingerprint density at radius 3 is 2.76 bits per heavy atom. The Labute approximate surface area is 176 Å². The maximum atomic E-state index is 13.2. The summed E-state index contributed by atoms with van der Waals surface area (Å²) in [6.07, 6.45) is 1.79. The molecule has 2 heterocycles. The second kappa shape index (κ2) is 9.50. The van der Waals surface area contributed by atoms with Crippen molar-refractivity contribution in [3.8, 4) is 0 Å². The van der Waals surface area contributed by atoms with Gasteiger partial charge >= 0.3 is 0 Å². The third-order valence-electron chi connectivity index (χ3n) is 5.39. The van der Waals surface area contributed by atoms with Crippen molar-refractivity contribution in [3.63, 3.8) is 0 Å². The van der Waals surface area contributed by atoms with E-state index in [1.165, 1.54) is 11.3 Å². The van der Waals surface area contributed by atoms with E-state index in [4.69, 9.17) is 0 Å². The number of amides is 2. The molecule has 0 radical (unpaired) electrons. The lowest BCUT2D eigenvalue weighted by Gasteiger charge is -2.34. The number of nitrogens with zero attached hydrogens (tertiary/aromatic N) is 3. The number of hydrogen-bond donors (Lipinski definition) is 1. The van der Waals surface area contributed by atoms with Gasteiger partial charge in [-0.3, -0.25) is 14.5 Å². The van der Waals surface area contributed by atoms with E-state index < -0.39 is 0 Å². The molecule has 6 nitrogen and oxygen atoms in total. The summed E-state index contributed by atoms with van der Waals surface area (Å²) >= 11 is 1.49. The minimum atomic E-state index is -0.0821. The molecule has 1 unspecified atom stereocenters. The van der Waals surface area contributed by atoms with Crippen LogP contribution >= 0.6 is 11.3 Å². The normalized spacial score (nSPS) is 17.2. The van der Waals surface area contributed by atoms with Crippen molar-refractivity contribution in [2.24, 2.45) is 5.92 Å². The molecule has 1 N–H and O–H groups in total. The monoisotopic (exact) mass is 414 g/mol. The van der Waals surface area contributed by atoms with Crippen LogP contribution in [0, 0.1) is 26.7 Å². The van der Waals surface area contributed by atoms with E-state index in [1.54, 1.807) is 0 Å². The predicted molar refractivity (Wildman–Crippen MR) is 119 cm³/mol. The standard InChI is InChI=1S/C22H30N4O2S/c1-5-26(19-10-6-8-15(2)12-19)21(28)18-9-7-11-25(13-18)14-20(27)24-22-23-16(3)17(4)29-22/h6,8,10,12,18H,5,7,9,11,13-14H2,1-4H3,(H,23,24,27). The van der Waals surface area contributed by atoms with Crippen molar-refractivity contribution < 1.29 is 9.59 Å². The van der Waals surface area contributed by atoms with E-state index in [9.17, 15) is 9.59 Å². The lowest BCUT2D eigenvalue weighted by Crippen LogP contribution is -2.47. The first kappa shape index (κ1) is 21.5. The number of anilines is 2. The molecule has 3 rings (SSSR count). The third kappa shape index (κ3) is 5.42. The smallest absolute Gasteiger partial charge is 0.240 e. The Hall–Kier alpha value is -2.25. The number of carbonyl (C=O) groups is 2. The van der Waals surface area contributed by atoms with Gasteiger partial charge in [-0.25, -0.2) is 4.98 Å². The van der Waals surface area contributed by atoms with E-state index >= 15 is 0 Å². The van der Waals surface area contributed by atoms with Crippen LogP contribution in [0.3, 0.4) is 0 Å². The van der Waals surface area contributed by atoms with Gasteiger partial charge in [-0.1, -0.05) is 12.1 Å². The highest BCUT2D eigenvalue weighted by Gasteiger charge is 2.30. The molecule has 1 saturated heterocycles. The summed E-state index contributed by atoms with van der Waals surface area (Å²) in [5.41, 5.74) is 3.04. The molecule has 2 aromatic rings. The van der Waals surface area contributed by atoms with Crippen molar-refractivity contribution in [2.45, 2.75) is 40.5 Å². The zero-order valence-corrected chi connectivity index (χ0v) is 18.5. The van der Waals surface area contributed by atoms with Crippen molar-refractivity contribution in [1.29, 1.82) is 0 Å². The van der Waals surface area contributed by atoms with E-state index in [2.05, 4.69) is 15.2 Å². The molecule has 0 bridgehead atoms. The van der Waals surface area contributed by atoms with Gasteiger partial charge in [0.05, 0.1) is 18.2 Å². The molecular formula is C22H30N4O2S. The average Bonchev–Trinajstić information content (AvgIpc) is 2.99. The summed E-state index contributed by atoms with van der Waals surface area (Å²) in [6, 6.07) is 8.06. The fraction of sp³-hybridized carbons (Fsp3) is 0.500. The van der Waals surface area contributed by atoms with Gasteiger partial charge in [0, 0.05) is 23.7 Å². The quantitative estimate of drug-likeness (QED) is 0.781. The predicted octanol–water partition coefficient (Wildman–Crippen LogP) is 3.77. The third-order valence-corrected chi connectivity index (χ3v) is 6.38. The van der Waals surface area contributed by atoms with Crippen molar-refractivity contribution >= 4 is 34.0 Å². The number of rotatable bonds is 6. The number of likely N-dealkylation sites (tertiary alicyclic amines) is 1. The molecule has 1 atom stereocenters. The first-order valence-electron chi connectivity index (χ1n) is 10.2. The second-order valence-electron chi connectivity index (χ2n) is 7.70. The van der Waals surface area contributed by atoms with Gasteiger partial charge in [0.2, 0.25) is 11.8 Å². The number of thiazole rings is 1. The van der Waals surface area contributed by atoms with Gasteiger partial charge in [-0.05, 0) is 64.8 Å². The van der Waals surface area contributed by atoms with Crippen LogP contribution in [0.4, 0.5) is 10.8 Å². The fourth-order valence-electron chi connectivity index (χ4n) is 3.77. The van der Waals surface area contributed by atoms with Crippen LogP contribution in [0.2, 0.25) is 0 Å². The molecular weight excluding hydrogens is 384 g/mol. The molecule has 1 aromatic carbocycles. The number of hydrogen-bond acceptors (Lipinski definition) is 5. The van der Waals surface area contributed by atoms with Gasteiger partial charge in [-0.2, -0.15) is 0 Å². The lowest BCUT2D eigenvalue weighted by molar-refractivity contribution is -0.125. The average molecular weight is 415 g/mol. The van der Waals surface area contributed by atoms with Gasteiger partial charge in [0.1, 0.15) is 0 Å². The Morgan fingerprint density at radius 2 is 2.10 bits per heavy atom. The minimum absolute atomic E-state index is 0.0714. The second-order valence-corrected chi connectivity index (χ2v) is 8.91. The van der Waals surface area contributed by atoms with E-state index in [0.29, 0.717) is 18.2 Å².